The molecule has 2 aliphatic carbocycles. The van der Waals surface area contributed by atoms with Crippen LogP contribution in [0.15, 0.2) is 0 Å². The van der Waals surface area contributed by atoms with Crippen molar-refractivity contribution < 1.29 is 9.53 Å². The van der Waals surface area contributed by atoms with Gasteiger partial charge in [-0.25, -0.2) is 0 Å². The third-order valence-corrected chi connectivity index (χ3v) is 6.52. The highest BCUT2D eigenvalue weighted by Gasteiger charge is 2.80. The molecule has 1 aliphatic heterocycles. The first-order valence-electron chi connectivity index (χ1n) is 6.91. The number of Topliss-reactive ketones (excluding diaryl/α,β-unsaturated/α-hetero) is 1. The van der Waals surface area contributed by atoms with Crippen molar-refractivity contribution in [3.05, 3.63) is 0 Å². The van der Waals surface area contributed by atoms with Crippen molar-refractivity contribution in [3.63, 3.8) is 0 Å². The van der Waals surface area contributed by atoms with Crippen LogP contribution in [0, 0.1) is 16.7 Å². The molecule has 2 nitrogen and oxygen atoms in total. The van der Waals surface area contributed by atoms with Crippen LogP contribution < -0.4 is 0 Å². The van der Waals surface area contributed by atoms with E-state index in [1.165, 1.54) is 19.3 Å². The van der Waals surface area contributed by atoms with Crippen LogP contribution in [0.2, 0.25) is 0 Å². The number of epoxide rings is 1. The standard InChI is InChI=1S/C15H24O2/c1-12(2)7-6-8-13(3)10(12)9-11(16)14(4)15(13,5)17-14/h10H,6-9H2,1-5H3/t10-,13+,14+,15-/m0/s1. The molecule has 3 aliphatic rings. The molecule has 0 spiro atoms. The monoisotopic (exact) mass is 236 g/mol. The third-order valence-electron chi connectivity index (χ3n) is 6.52. The Balaban J connectivity index is 2.08. The normalized spacial score (nSPS) is 56.1. The van der Waals surface area contributed by atoms with Crippen molar-refractivity contribution in [3.8, 4) is 0 Å². The van der Waals surface area contributed by atoms with Crippen molar-refractivity contribution in [2.24, 2.45) is 16.7 Å². The number of fused-ring (bicyclic) bond motifs is 3. The van der Waals surface area contributed by atoms with Gasteiger partial charge in [0.25, 0.3) is 0 Å². The van der Waals surface area contributed by atoms with Crippen molar-refractivity contribution in [1.29, 1.82) is 0 Å². The van der Waals surface area contributed by atoms with Crippen LogP contribution in [0.5, 0.6) is 0 Å². The molecule has 3 fully saturated rings. The second kappa shape index (κ2) is 2.79. The van der Waals surface area contributed by atoms with E-state index in [2.05, 4.69) is 27.7 Å². The molecule has 3 rings (SSSR count). The third kappa shape index (κ3) is 1.09. The summed E-state index contributed by atoms with van der Waals surface area (Å²) in [6.45, 7) is 11.2. The molecule has 0 unspecified atom stereocenters. The minimum atomic E-state index is -0.480. The van der Waals surface area contributed by atoms with Crippen molar-refractivity contribution in [2.45, 2.75) is 71.5 Å². The Hall–Kier alpha value is -0.370. The van der Waals surface area contributed by atoms with Gasteiger partial charge < -0.3 is 4.74 Å². The summed E-state index contributed by atoms with van der Waals surface area (Å²) < 4.78 is 5.98. The lowest BCUT2D eigenvalue weighted by atomic mass is 9.46. The topological polar surface area (TPSA) is 29.6 Å². The summed E-state index contributed by atoms with van der Waals surface area (Å²) in [6.07, 6.45) is 4.44. The Morgan fingerprint density at radius 2 is 1.76 bits per heavy atom. The van der Waals surface area contributed by atoms with Crippen molar-refractivity contribution in [2.75, 3.05) is 0 Å². The highest BCUT2D eigenvalue weighted by atomic mass is 16.6. The van der Waals surface area contributed by atoms with Gasteiger partial charge >= 0.3 is 0 Å². The number of carbonyl (C=O) groups is 1. The zero-order valence-corrected chi connectivity index (χ0v) is 11.7. The summed E-state index contributed by atoms with van der Waals surface area (Å²) in [5.74, 6) is 0.814. The van der Waals surface area contributed by atoms with E-state index in [1.807, 2.05) is 6.92 Å². The largest absolute Gasteiger partial charge is 0.354 e. The predicted molar refractivity (Wildman–Crippen MR) is 66.7 cm³/mol. The molecule has 4 atom stereocenters. The van der Waals surface area contributed by atoms with Gasteiger partial charge in [0.2, 0.25) is 0 Å². The summed E-state index contributed by atoms with van der Waals surface area (Å²) in [6, 6.07) is 0. The molecule has 96 valence electrons. The molecule has 0 radical (unpaired) electrons. The highest BCUT2D eigenvalue weighted by Crippen LogP contribution is 2.71. The summed E-state index contributed by atoms with van der Waals surface area (Å²) in [5.41, 5.74) is -0.236. The SMILES string of the molecule is CC1(C)CCC[C@]2(C)[C@H]1CC(=O)[C@@]1(C)O[C@]12C. The van der Waals surface area contributed by atoms with Gasteiger partial charge in [-0.05, 0) is 38.0 Å². The van der Waals surface area contributed by atoms with Gasteiger partial charge in [0.1, 0.15) is 5.60 Å². The summed E-state index contributed by atoms with van der Waals surface area (Å²) in [4.78, 5) is 12.3. The van der Waals surface area contributed by atoms with Crippen molar-refractivity contribution >= 4 is 5.78 Å². The number of ether oxygens (including phenoxy) is 1. The summed E-state index contributed by atoms with van der Waals surface area (Å²) >= 11 is 0. The Morgan fingerprint density at radius 3 is 2.41 bits per heavy atom. The lowest BCUT2D eigenvalue weighted by Crippen LogP contribution is -2.57. The molecule has 0 amide bonds. The Labute approximate surface area is 104 Å². The molecule has 2 saturated carbocycles. The molecule has 0 N–H and O–H groups in total. The van der Waals surface area contributed by atoms with Gasteiger partial charge in [0.15, 0.2) is 11.4 Å². The molecule has 2 heteroatoms. The van der Waals surface area contributed by atoms with Gasteiger partial charge in [0.05, 0.1) is 0 Å². The first-order valence-corrected chi connectivity index (χ1v) is 6.91. The average Bonchev–Trinajstić information content (AvgIpc) is 2.78. The van der Waals surface area contributed by atoms with Crippen molar-refractivity contribution in [1.82, 2.24) is 0 Å². The zero-order valence-electron chi connectivity index (χ0n) is 11.7. The minimum absolute atomic E-state index is 0.178. The van der Waals surface area contributed by atoms with E-state index < -0.39 is 5.60 Å². The number of carbonyl (C=O) groups excluding carboxylic acids is 1. The number of ketones is 1. The van der Waals surface area contributed by atoms with E-state index in [-0.39, 0.29) is 16.4 Å². The smallest absolute Gasteiger partial charge is 0.167 e. The van der Waals surface area contributed by atoms with Crippen LogP contribution in [-0.4, -0.2) is 17.0 Å². The lowest BCUT2D eigenvalue weighted by Gasteiger charge is -2.55. The van der Waals surface area contributed by atoms with Gasteiger partial charge in [-0.2, -0.15) is 0 Å². The first-order chi connectivity index (χ1) is 7.67. The molecule has 0 bridgehead atoms. The van der Waals surface area contributed by atoms with Crippen LogP contribution in [0.25, 0.3) is 0 Å². The Morgan fingerprint density at radius 1 is 1.12 bits per heavy atom. The Kier molecular flexibility index (Phi) is 1.92. The maximum absolute atomic E-state index is 12.3. The fourth-order valence-electron chi connectivity index (χ4n) is 4.94. The number of hydrogen-bond donors (Lipinski definition) is 0. The fraction of sp³-hybridized carbons (Fsp3) is 0.933. The van der Waals surface area contributed by atoms with E-state index >= 15 is 0 Å². The van der Waals surface area contributed by atoms with E-state index in [1.54, 1.807) is 0 Å². The van der Waals surface area contributed by atoms with E-state index in [0.29, 0.717) is 11.7 Å². The predicted octanol–water partition coefficient (Wildman–Crippen LogP) is 3.34. The molecular weight excluding hydrogens is 212 g/mol. The average molecular weight is 236 g/mol. The second-order valence-electron chi connectivity index (χ2n) is 7.61. The van der Waals surface area contributed by atoms with Gasteiger partial charge in [0, 0.05) is 11.8 Å². The zero-order chi connectivity index (χ0) is 12.7. The van der Waals surface area contributed by atoms with Crippen LogP contribution >= 0.6 is 0 Å². The molecule has 0 aromatic rings. The maximum atomic E-state index is 12.3. The molecule has 0 aromatic carbocycles. The Bertz CT molecular complexity index is 400. The minimum Gasteiger partial charge on any atom is -0.354 e. The van der Waals surface area contributed by atoms with Gasteiger partial charge in [-0.3, -0.25) is 4.79 Å². The van der Waals surface area contributed by atoms with E-state index in [9.17, 15) is 4.79 Å². The van der Waals surface area contributed by atoms with E-state index in [4.69, 9.17) is 4.74 Å². The maximum Gasteiger partial charge on any atom is 0.167 e. The van der Waals surface area contributed by atoms with Crippen LogP contribution in [0.4, 0.5) is 0 Å². The van der Waals surface area contributed by atoms with Gasteiger partial charge in [-0.1, -0.05) is 27.2 Å². The first kappa shape index (κ1) is 11.7. The molecule has 1 saturated heterocycles. The molecule has 1 heterocycles. The van der Waals surface area contributed by atoms with Crippen LogP contribution in [-0.2, 0) is 9.53 Å². The quantitative estimate of drug-likeness (QED) is 0.604. The van der Waals surface area contributed by atoms with Crippen LogP contribution in [0.3, 0.4) is 0 Å². The number of hydrogen-bond acceptors (Lipinski definition) is 2. The van der Waals surface area contributed by atoms with Crippen LogP contribution in [0.1, 0.15) is 60.3 Å². The second-order valence-corrected chi connectivity index (χ2v) is 7.61. The summed E-state index contributed by atoms with van der Waals surface area (Å²) in [7, 11) is 0. The fourth-order valence-corrected chi connectivity index (χ4v) is 4.94. The summed E-state index contributed by atoms with van der Waals surface area (Å²) in [5, 5.41) is 0. The molecule has 0 aromatic heterocycles. The van der Waals surface area contributed by atoms with Gasteiger partial charge in [-0.15, -0.1) is 0 Å². The van der Waals surface area contributed by atoms with E-state index in [0.717, 1.165) is 6.42 Å². The lowest BCUT2D eigenvalue weighted by molar-refractivity contribution is -0.134. The number of rotatable bonds is 0. The molecular formula is C15H24O2. The highest BCUT2D eigenvalue weighted by molar-refractivity contribution is 5.93. The molecule has 17 heavy (non-hydrogen) atoms.